The first-order valence-electron chi connectivity index (χ1n) is 9.05. The van der Waals surface area contributed by atoms with E-state index in [2.05, 4.69) is 15.9 Å². The van der Waals surface area contributed by atoms with E-state index < -0.39 is 41.2 Å². The van der Waals surface area contributed by atoms with Crippen LogP contribution in [0.5, 0.6) is 0 Å². The maximum atomic E-state index is 14.3. The first-order chi connectivity index (χ1) is 13.8. The van der Waals surface area contributed by atoms with Gasteiger partial charge in [0.15, 0.2) is 0 Å². The molecule has 0 radical (unpaired) electrons. The second-order valence-corrected chi connectivity index (χ2v) is 7.59. The van der Waals surface area contributed by atoms with E-state index in [9.17, 15) is 23.5 Å². The summed E-state index contributed by atoms with van der Waals surface area (Å²) < 4.78 is 32.7. The van der Waals surface area contributed by atoms with Crippen LogP contribution < -0.4 is 0 Å². The van der Waals surface area contributed by atoms with E-state index >= 15 is 0 Å². The fourth-order valence-corrected chi connectivity index (χ4v) is 4.23. The quantitative estimate of drug-likeness (QED) is 0.656. The van der Waals surface area contributed by atoms with Gasteiger partial charge in [-0.05, 0) is 18.1 Å². The molecule has 1 N–H and O–H groups in total. The first kappa shape index (κ1) is 21.4. The zero-order valence-electron chi connectivity index (χ0n) is 15.6. The minimum absolute atomic E-state index is 0.0316. The first-order valence-corrected chi connectivity index (χ1v) is 10.2. The summed E-state index contributed by atoms with van der Waals surface area (Å²) in [5.41, 5.74) is -1.31. The Morgan fingerprint density at radius 1 is 1.31 bits per heavy atom. The summed E-state index contributed by atoms with van der Waals surface area (Å²) in [5, 5.41) is 10.9. The van der Waals surface area contributed by atoms with Crippen LogP contribution in [0.25, 0.3) is 0 Å². The molecule has 1 heterocycles. The van der Waals surface area contributed by atoms with Crippen molar-refractivity contribution in [2.24, 2.45) is 5.92 Å². The summed E-state index contributed by atoms with van der Waals surface area (Å²) in [6, 6.07) is 11.5. The summed E-state index contributed by atoms with van der Waals surface area (Å²) >= 11 is 3.13. The number of halogens is 3. The third-order valence-electron chi connectivity index (χ3n) is 5.20. The number of nitrogens with zero attached hydrogens (tertiary/aromatic N) is 1. The number of aliphatic hydroxyl groups is 1. The Kier molecular flexibility index (Phi) is 6.33. The van der Waals surface area contributed by atoms with E-state index in [-0.39, 0.29) is 17.5 Å². The average molecular weight is 468 g/mol. The van der Waals surface area contributed by atoms with Crippen molar-refractivity contribution in [3.63, 3.8) is 0 Å². The minimum Gasteiger partial charge on any atom is -0.447 e. The van der Waals surface area contributed by atoms with E-state index in [1.54, 1.807) is 0 Å². The Labute approximate surface area is 175 Å². The fourth-order valence-electron chi connectivity index (χ4n) is 3.44. The van der Waals surface area contributed by atoms with E-state index in [1.165, 1.54) is 6.92 Å². The zero-order valence-corrected chi connectivity index (χ0v) is 17.2. The van der Waals surface area contributed by atoms with Gasteiger partial charge in [0, 0.05) is 17.0 Å². The maximum absolute atomic E-state index is 14.3. The monoisotopic (exact) mass is 467 g/mol. The van der Waals surface area contributed by atoms with Gasteiger partial charge in [-0.15, -0.1) is 0 Å². The van der Waals surface area contributed by atoms with Crippen molar-refractivity contribution < 1.29 is 28.2 Å². The Balaban J connectivity index is 1.88. The van der Waals surface area contributed by atoms with Crippen molar-refractivity contribution in [3.05, 3.63) is 71.3 Å². The van der Waals surface area contributed by atoms with Gasteiger partial charge in [-0.3, -0.25) is 4.79 Å². The van der Waals surface area contributed by atoms with E-state index in [4.69, 9.17) is 4.74 Å². The molecular formula is C21H20BrF2NO4. The van der Waals surface area contributed by atoms with Gasteiger partial charge in [0.05, 0.1) is 12.0 Å². The number of carbonyl (C=O) groups is 2. The molecule has 1 aliphatic rings. The predicted octanol–water partition coefficient (Wildman–Crippen LogP) is 3.77. The van der Waals surface area contributed by atoms with E-state index in [1.807, 2.05) is 30.3 Å². The summed E-state index contributed by atoms with van der Waals surface area (Å²) in [7, 11) is 0. The molecule has 29 heavy (non-hydrogen) atoms. The number of amides is 2. The number of cyclic esters (lactones) is 1. The third kappa shape index (κ3) is 4.18. The number of alkyl halides is 1. The van der Waals surface area contributed by atoms with Crippen LogP contribution in [0.1, 0.15) is 18.1 Å². The molecule has 0 aromatic heterocycles. The average Bonchev–Trinajstić information content (AvgIpc) is 3.07. The van der Waals surface area contributed by atoms with Gasteiger partial charge in [0.2, 0.25) is 5.91 Å². The van der Waals surface area contributed by atoms with Crippen LogP contribution in [-0.4, -0.2) is 40.0 Å². The Morgan fingerprint density at radius 2 is 2.00 bits per heavy atom. The number of carbonyl (C=O) groups excluding carboxylic acids is 2. The highest BCUT2D eigenvalue weighted by molar-refractivity contribution is 9.09. The number of imide groups is 1. The SMILES string of the molecule is C[C@@H](C(=O)N1C(=O)OC[C@@H]1Cc1ccccc1)[C@@](O)(CBr)c1ccc(F)cc1F. The normalized spacial score (nSPS) is 19.6. The van der Waals surface area contributed by atoms with E-state index in [0.717, 1.165) is 22.6 Å². The fraction of sp³-hybridized carbons (Fsp3) is 0.333. The summed E-state index contributed by atoms with van der Waals surface area (Å²) in [6.07, 6.45) is -0.415. The van der Waals surface area contributed by atoms with Crippen LogP contribution in [0, 0.1) is 17.6 Å². The summed E-state index contributed by atoms with van der Waals surface area (Å²) in [4.78, 5) is 26.4. The molecule has 1 saturated heterocycles. The van der Waals surface area contributed by atoms with E-state index in [0.29, 0.717) is 12.5 Å². The molecule has 0 saturated carbocycles. The second kappa shape index (κ2) is 8.59. The van der Waals surface area contributed by atoms with Crippen molar-refractivity contribution in [3.8, 4) is 0 Å². The number of hydrogen-bond acceptors (Lipinski definition) is 4. The maximum Gasteiger partial charge on any atom is 0.416 e. The van der Waals surface area contributed by atoms with Gasteiger partial charge in [0.25, 0.3) is 0 Å². The number of ether oxygens (including phenoxy) is 1. The molecule has 1 aliphatic heterocycles. The van der Waals surface area contributed by atoms with Gasteiger partial charge >= 0.3 is 6.09 Å². The minimum atomic E-state index is -1.99. The van der Waals surface area contributed by atoms with Crippen molar-refractivity contribution in [1.82, 2.24) is 4.90 Å². The summed E-state index contributed by atoms with van der Waals surface area (Å²) in [6.45, 7) is 1.43. The molecule has 0 spiro atoms. The standard InChI is InChI=1S/C21H20BrF2NO4/c1-13(21(28,12-22)17-8-7-15(23)10-18(17)24)19(26)25-16(11-29-20(25)27)9-14-5-3-2-4-6-14/h2-8,10,13,16,28H,9,11-12H2,1H3/t13-,16-,21-/m0/s1. The Bertz CT molecular complexity index is 911. The molecule has 1 fully saturated rings. The summed E-state index contributed by atoms with van der Waals surface area (Å²) in [5.74, 6) is -3.67. The van der Waals surface area contributed by atoms with Crippen LogP contribution >= 0.6 is 15.9 Å². The van der Waals surface area contributed by atoms with Gasteiger partial charge in [0.1, 0.15) is 23.8 Å². The highest BCUT2D eigenvalue weighted by atomic mass is 79.9. The van der Waals surface area contributed by atoms with Crippen molar-refractivity contribution in [1.29, 1.82) is 0 Å². The largest absolute Gasteiger partial charge is 0.447 e. The molecule has 2 aromatic rings. The molecule has 0 unspecified atom stereocenters. The molecule has 3 rings (SSSR count). The van der Waals surface area contributed by atoms with Crippen LogP contribution in [0.4, 0.5) is 13.6 Å². The van der Waals surface area contributed by atoms with Crippen LogP contribution in [0.3, 0.4) is 0 Å². The lowest BCUT2D eigenvalue weighted by Crippen LogP contribution is -2.50. The highest BCUT2D eigenvalue weighted by Crippen LogP contribution is 2.36. The molecule has 3 atom stereocenters. The molecule has 0 aliphatic carbocycles. The molecule has 5 nitrogen and oxygen atoms in total. The molecular weight excluding hydrogens is 448 g/mol. The molecule has 8 heteroatoms. The zero-order chi connectivity index (χ0) is 21.2. The lowest BCUT2D eigenvalue weighted by Gasteiger charge is -2.34. The van der Waals surface area contributed by atoms with Crippen molar-refractivity contribution in [2.75, 3.05) is 11.9 Å². The number of rotatable bonds is 6. The topological polar surface area (TPSA) is 66.8 Å². The molecule has 0 bridgehead atoms. The van der Waals surface area contributed by atoms with Crippen molar-refractivity contribution >= 4 is 27.9 Å². The van der Waals surface area contributed by atoms with Gasteiger partial charge in [-0.1, -0.05) is 59.3 Å². The van der Waals surface area contributed by atoms with Gasteiger partial charge in [-0.2, -0.15) is 0 Å². The third-order valence-corrected chi connectivity index (χ3v) is 6.06. The Hall–Kier alpha value is -2.32. The van der Waals surface area contributed by atoms with Crippen molar-refractivity contribution in [2.45, 2.75) is 25.0 Å². The van der Waals surface area contributed by atoms with Crippen LogP contribution in [-0.2, 0) is 21.6 Å². The van der Waals surface area contributed by atoms with Crippen LogP contribution in [0.2, 0.25) is 0 Å². The smallest absolute Gasteiger partial charge is 0.416 e. The Morgan fingerprint density at radius 3 is 2.62 bits per heavy atom. The predicted molar refractivity (Wildman–Crippen MR) is 105 cm³/mol. The van der Waals surface area contributed by atoms with Gasteiger partial charge < -0.3 is 9.84 Å². The van der Waals surface area contributed by atoms with Crippen LogP contribution in [0.15, 0.2) is 48.5 Å². The lowest BCUT2D eigenvalue weighted by molar-refractivity contribution is -0.141. The van der Waals surface area contributed by atoms with Gasteiger partial charge in [-0.25, -0.2) is 18.5 Å². The molecule has 2 aromatic carbocycles. The lowest BCUT2D eigenvalue weighted by atomic mass is 9.82. The number of hydrogen-bond donors (Lipinski definition) is 1. The molecule has 2 amide bonds. The highest BCUT2D eigenvalue weighted by Gasteiger charge is 2.47. The second-order valence-electron chi connectivity index (χ2n) is 7.03. The number of benzene rings is 2. The molecule has 154 valence electrons.